The van der Waals surface area contributed by atoms with Crippen molar-refractivity contribution in [2.45, 2.75) is 26.8 Å². The Balaban J connectivity index is 1.63. The minimum atomic E-state index is -0.434. The first-order valence-corrected chi connectivity index (χ1v) is 10.0. The number of aromatic nitrogens is 2. The zero-order valence-corrected chi connectivity index (χ0v) is 17.4. The van der Waals surface area contributed by atoms with Gasteiger partial charge >= 0.3 is 0 Å². The lowest BCUT2D eigenvalue weighted by atomic mass is 10.2. The maximum atomic E-state index is 12.4. The molecule has 0 unspecified atom stereocenters. The van der Waals surface area contributed by atoms with Gasteiger partial charge in [-0.25, -0.2) is 4.68 Å². The van der Waals surface area contributed by atoms with Gasteiger partial charge in [0.1, 0.15) is 11.4 Å². The Hall–Kier alpha value is -3.94. The molecule has 0 aliphatic heterocycles. The Labute approximate surface area is 179 Å². The first kappa shape index (κ1) is 21.8. The Kier molecular flexibility index (Phi) is 7.16. The second-order valence-corrected chi connectivity index (χ2v) is 6.72. The molecular formula is C23H24N4O4. The summed E-state index contributed by atoms with van der Waals surface area (Å²) < 4.78 is 6.65. The lowest BCUT2D eigenvalue weighted by molar-refractivity contribution is 0.101. The van der Waals surface area contributed by atoms with Crippen molar-refractivity contribution < 1.29 is 14.3 Å². The third-order valence-corrected chi connectivity index (χ3v) is 4.36. The van der Waals surface area contributed by atoms with E-state index < -0.39 is 5.91 Å². The van der Waals surface area contributed by atoms with Crippen molar-refractivity contribution in [3.05, 3.63) is 82.3 Å². The summed E-state index contributed by atoms with van der Waals surface area (Å²) >= 11 is 0. The Bertz CT molecular complexity index is 1110. The van der Waals surface area contributed by atoms with Gasteiger partial charge in [-0.2, -0.15) is 5.10 Å². The molecule has 160 valence electrons. The molecule has 0 radical (unpaired) electrons. The molecule has 0 spiro atoms. The summed E-state index contributed by atoms with van der Waals surface area (Å²) in [4.78, 5) is 36.6. The molecular weight excluding hydrogens is 396 g/mol. The van der Waals surface area contributed by atoms with Crippen LogP contribution in [0, 0.1) is 0 Å². The number of amides is 2. The minimum Gasteiger partial charge on any atom is -0.494 e. The fourth-order valence-corrected chi connectivity index (χ4v) is 2.85. The van der Waals surface area contributed by atoms with Gasteiger partial charge in [0.2, 0.25) is 0 Å². The maximum absolute atomic E-state index is 12.4. The molecule has 2 aromatic carbocycles. The number of hydrogen-bond acceptors (Lipinski definition) is 5. The van der Waals surface area contributed by atoms with E-state index in [1.807, 2.05) is 13.8 Å². The van der Waals surface area contributed by atoms with Crippen molar-refractivity contribution >= 4 is 23.2 Å². The maximum Gasteiger partial charge on any atom is 0.276 e. The number of nitrogens with zero attached hydrogens (tertiary/aromatic N) is 2. The third kappa shape index (κ3) is 5.79. The predicted molar refractivity (Wildman–Crippen MR) is 119 cm³/mol. The Morgan fingerprint density at radius 3 is 2.10 bits per heavy atom. The molecule has 0 fully saturated rings. The molecule has 0 aliphatic rings. The van der Waals surface area contributed by atoms with Crippen molar-refractivity contribution in [3.8, 4) is 5.75 Å². The summed E-state index contributed by atoms with van der Waals surface area (Å²) in [6.07, 6.45) is 0.734. The van der Waals surface area contributed by atoms with Crippen LogP contribution < -0.4 is 20.9 Å². The second kappa shape index (κ2) is 10.2. The minimum absolute atomic E-state index is 0.144. The van der Waals surface area contributed by atoms with Crippen LogP contribution in [0.3, 0.4) is 0 Å². The molecule has 8 heteroatoms. The first-order chi connectivity index (χ1) is 15.0. The molecule has 0 aliphatic carbocycles. The highest BCUT2D eigenvalue weighted by atomic mass is 16.5. The molecule has 0 atom stereocenters. The van der Waals surface area contributed by atoms with E-state index in [0.29, 0.717) is 30.1 Å². The predicted octanol–water partition coefficient (Wildman–Crippen LogP) is 3.56. The van der Waals surface area contributed by atoms with Crippen LogP contribution in [0.25, 0.3) is 0 Å². The van der Waals surface area contributed by atoms with Crippen molar-refractivity contribution in [3.63, 3.8) is 0 Å². The molecule has 0 bridgehead atoms. The molecule has 3 aromatic rings. The highest BCUT2D eigenvalue weighted by Crippen LogP contribution is 2.17. The van der Waals surface area contributed by atoms with Crippen molar-refractivity contribution in [2.75, 3.05) is 17.2 Å². The van der Waals surface area contributed by atoms with Crippen LogP contribution in [0.2, 0.25) is 0 Å². The van der Waals surface area contributed by atoms with E-state index in [-0.39, 0.29) is 17.2 Å². The van der Waals surface area contributed by atoms with Gasteiger partial charge in [-0.1, -0.05) is 6.92 Å². The van der Waals surface area contributed by atoms with Gasteiger partial charge in [-0.05, 0) is 67.9 Å². The second-order valence-electron chi connectivity index (χ2n) is 6.72. The smallest absolute Gasteiger partial charge is 0.276 e. The number of carbonyl (C=O) groups excluding carboxylic acids is 2. The van der Waals surface area contributed by atoms with Crippen molar-refractivity contribution in [1.82, 2.24) is 9.78 Å². The fourth-order valence-electron chi connectivity index (χ4n) is 2.85. The van der Waals surface area contributed by atoms with Crippen LogP contribution in [0.15, 0.2) is 65.5 Å². The topological polar surface area (TPSA) is 102 Å². The number of hydrogen-bond donors (Lipinski definition) is 2. The number of anilines is 2. The van der Waals surface area contributed by atoms with E-state index in [1.165, 1.54) is 16.8 Å². The lowest BCUT2D eigenvalue weighted by Crippen LogP contribution is -2.26. The normalized spacial score (nSPS) is 10.4. The highest BCUT2D eigenvalue weighted by molar-refractivity contribution is 6.05. The Morgan fingerprint density at radius 2 is 1.48 bits per heavy atom. The van der Waals surface area contributed by atoms with Gasteiger partial charge < -0.3 is 15.4 Å². The number of carbonyl (C=O) groups is 2. The van der Waals surface area contributed by atoms with Crippen molar-refractivity contribution in [1.29, 1.82) is 0 Å². The number of rotatable bonds is 8. The van der Waals surface area contributed by atoms with Crippen LogP contribution in [0.4, 0.5) is 11.4 Å². The molecule has 2 N–H and O–H groups in total. The van der Waals surface area contributed by atoms with E-state index in [2.05, 4.69) is 15.7 Å². The van der Waals surface area contributed by atoms with Crippen LogP contribution in [0.5, 0.6) is 5.75 Å². The SMILES string of the molecule is CCCn1nc(C(=O)Nc2ccc(C(=O)Nc3ccc(OCC)cc3)cc2)ccc1=O. The van der Waals surface area contributed by atoms with Gasteiger partial charge in [0.05, 0.1) is 6.61 Å². The molecule has 1 aromatic heterocycles. The van der Waals surface area contributed by atoms with Gasteiger partial charge in [-0.15, -0.1) is 0 Å². The number of benzene rings is 2. The van der Waals surface area contributed by atoms with E-state index in [9.17, 15) is 14.4 Å². The lowest BCUT2D eigenvalue weighted by Gasteiger charge is -2.09. The van der Waals surface area contributed by atoms with Crippen LogP contribution in [-0.2, 0) is 6.54 Å². The van der Waals surface area contributed by atoms with Crippen LogP contribution in [-0.4, -0.2) is 28.2 Å². The van der Waals surface area contributed by atoms with Crippen LogP contribution >= 0.6 is 0 Å². The van der Waals surface area contributed by atoms with E-state index in [1.54, 1.807) is 48.5 Å². The molecule has 0 saturated carbocycles. The summed E-state index contributed by atoms with van der Waals surface area (Å²) in [5, 5.41) is 9.62. The fraction of sp³-hybridized carbons (Fsp3) is 0.217. The molecule has 2 amide bonds. The molecule has 1 heterocycles. The summed E-state index contributed by atoms with van der Waals surface area (Å²) in [5.41, 5.74) is 1.50. The van der Waals surface area contributed by atoms with E-state index in [0.717, 1.165) is 12.2 Å². The summed E-state index contributed by atoms with van der Waals surface area (Å²) in [6, 6.07) is 16.3. The van der Waals surface area contributed by atoms with Gasteiger partial charge in [0.25, 0.3) is 17.4 Å². The third-order valence-electron chi connectivity index (χ3n) is 4.36. The molecule has 3 rings (SSSR count). The largest absolute Gasteiger partial charge is 0.494 e. The number of ether oxygens (including phenoxy) is 1. The van der Waals surface area contributed by atoms with Gasteiger partial charge in [0, 0.05) is 29.5 Å². The number of nitrogens with one attached hydrogen (secondary N) is 2. The van der Waals surface area contributed by atoms with Crippen molar-refractivity contribution in [2.24, 2.45) is 0 Å². The van der Waals surface area contributed by atoms with Gasteiger partial charge in [-0.3, -0.25) is 14.4 Å². The average molecular weight is 420 g/mol. The van der Waals surface area contributed by atoms with E-state index in [4.69, 9.17) is 4.74 Å². The van der Waals surface area contributed by atoms with E-state index >= 15 is 0 Å². The number of aryl methyl sites for hydroxylation is 1. The van der Waals surface area contributed by atoms with Gasteiger partial charge in [0.15, 0.2) is 0 Å². The molecule has 8 nitrogen and oxygen atoms in total. The highest BCUT2D eigenvalue weighted by Gasteiger charge is 2.11. The Morgan fingerprint density at radius 1 is 0.871 bits per heavy atom. The van der Waals surface area contributed by atoms with Crippen LogP contribution in [0.1, 0.15) is 41.1 Å². The standard InChI is InChI=1S/C23H24N4O4/c1-3-15-27-21(28)14-13-20(26-27)23(30)25-17-7-5-16(6-8-17)22(29)24-18-9-11-19(12-10-18)31-4-2/h5-14H,3-4,15H2,1-2H3,(H,24,29)(H,25,30). The summed E-state index contributed by atoms with van der Waals surface area (Å²) in [6.45, 7) is 4.85. The quantitative estimate of drug-likeness (QED) is 0.580. The summed E-state index contributed by atoms with van der Waals surface area (Å²) in [7, 11) is 0. The molecule has 31 heavy (non-hydrogen) atoms. The molecule has 0 saturated heterocycles. The zero-order chi connectivity index (χ0) is 22.2. The zero-order valence-electron chi connectivity index (χ0n) is 17.4. The average Bonchev–Trinajstić information content (AvgIpc) is 2.77. The summed E-state index contributed by atoms with van der Waals surface area (Å²) in [5.74, 6) is 0.0342. The first-order valence-electron chi connectivity index (χ1n) is 10.0. The monoisotopic (exact) mass is 420 g/mol.